The van der Waals surface area contributed by atoms with Gasteiger partial charge in [-0.25, -0.2) is 0 Å². The molecular formula is C13H17N3O5. The van der Waals surface area contributed by atoms with Crippen LogP contribution in [0, 0.1) is 20.2 Å². The zero-order chi connectivity index (χ0) is 15.5. The molecule has 1 aromatic rings. The van der Waals surface area contributed by atoms with Gasteiger partial charge in [-0.15, -0.1) is 0 Å². The van der Waals surface area contributed by atoms with Crippen LogP contribution < -0.4 is 5.32 Å². The molecule has 8 heteroatoms. The van der Waals surface area contributed by atoms with Gasteiger partial charge in [-0.1, -0.05) is 0 Å². The van der Waals surface area contributed by atoms with Crippen LogP contribution in [0.25, 0.3) is 0 Å². The fourth-order valence-corrected chi connectivity index (χ4v) is 2.43. The standard InChI is InChI=1S/C13H17N3O5/c1-21-13(5-2-6-13)9-14-8-10-3-4-11(15(17)18)7-12(10)16(19)20/h3-4,7,14H,2,5-6,8-9H2,1H3. The van der Waals surface area contributed by atoms with Crippen molar-refractivity contribution >= 4 is 11.4 Å². The van der Waals surface area contributed by atoms with E-state index in [9.17, 15) is 20.2 Å². The van der Waals surface area contributed by atoms with E-state index in [-0.39, 0.29) is 23.5 Å². The maximum atomic E-state index is 11.0. The summed E-state index contributed by atoms with van der Waals surface area (Å²) in [7, 11) is 1.66. The SMILES string of the molecule is COC1(CNCc2ccc([N+](=O)[O-])cc2[N+](=O)[O-])CCC1. The van der Waals surface area contributed by atoms with Crippen molar-refractivity contribution in [3.8, 4) is 0 Å². The third-order valence-electron chi connectivity index (χ3n) is 3.94. The second kappa shape index (κ2) is 6.15. The number of benzene rings is 1. The first-order chi connectivity index (χ1) is 9.97. The molecule has 1 aliphatic rings. The molecule has 1 saturated carbocycles. The fraction of sp³-hybridized carbons (Fsp3) is 0.538. The summed E-state index contributed by atoms with van der Waals surface area (Å²) < 4.78 is 5.45. The molecule has 114 valence electrons. The Kier molecular flexibility index (Phi) is 4.49. The predicted molar refractivity (Wildman–Crippen MR) is 75.0 cm³/mol. The summed E-state index contributed by atoms with van der Waals surface area (Å²) >= 11 is 0. The first kappa shape index (κ1) is 15.3. The molecule has 0 atom stereocenters. The van der Waals surface area contributed by atoms with E-state index < -0.39 is 9.85 Å². The Balaban J connectivity index is 2.05. The molecule has 0 saturated heterocycles. The zero-order valence-corrected chi connectivity index (χ0v) is 11.7. The number of non-ortho nitro benzene ring substituents is 1. The van der Waals surface area contributed by atoms with E-state index in [1.165, 1.54) is 12.1 Å². The maximum absolute atomic E-state index is 11.0. The van der Waals surface area contributed by atoms with Crippen LogP contribution in [0.15, 0.2) is 18.2 Å². The maximum Gasteiger partial charge on any atom is 0.280 e. The van der Waals surface area contributed by atoms with Crippen molar-refractivity contribution in [2.24, 2.45) is 0 Å². The van der Waals surface area contributed by atoms with Crippen LogP contribution >= 0.6 is 0 Å². The van der Waals surface area contributed by atoms with Crippen molar-refractivity contribution in [3.05, 3.63) is 44.0 Å². The topological polar surface area (TPSA) is 108 Å². The van der Waals surface area contributed by atoms with Gasteiger partial charge in [-0.3, -0.25) is 20.2 Å². The summed E-state index contributed by atoms with van der Waals surface area (Å²) in [5, 5.41) is 24.8. The van der Waals surface area contributed by atoms with Gasteiger partial charge in [-0.2, -0.15) is 0 Å². The van der Waals surface area contributed by atoms with E-state index in [4.69, 9.17) is 4.74 Å². The molecule has 0 radical (unpaired) electrons. The van der Waals surface area contributed by atoms with E-state index in [1.807, 2.05) is 0 Å². The van der Waals surface area contributed by atoms with Gasteiger partial charge in [0.2, 0.25) is 0 Å². The summed E-state index contributed by atoms with van der Waals surface area (Å²) in [4.78, 5) is 20.4. The predicted octanol–water partition coefficient (Wildman–Crippen LogP) is 2.16. The number of ether oxygens (including phenoxy) is 1. The van der Waals surface area contributed by atoms with Crippen LogP contribution in [-0.4, -0.2) is 29.1 Å². The number of methoxy groups -OCH3 is 1. The van der Waals surface area contributed by atoms with Crippen molar-refractivity contribution in [3.63, 3.8) is 0 Å². The number of nitro benzene ring substituents is 2. The van der Waals surface area contributed by atoms with Gasteiger partial charge in [0.05, 0.1) is 21.5 Å². The van der Waals surface area contributed by atoms with Crippen LogP contribution in [0.5, 0.6) is 0 Å². The molecule has 8 nitrogen and oxygen atoms in total. The second-order valence-electron chi connectivity index (χ2n) is 5.17. The van der Waals surface area contributed by atoms with Gasteiger partial charge >= 0.3 is 0 Å². The summed E-state index contributed by atoms with van der Waals surface area (Å²) in [5.41, 5.74) is -0.263. The van der Waals surface area contributed by atoms with Crippen molar-refractivity contribution in [1.29, 1.82) is 0 Å². The number of hydrogen-bond donors (Lipinski definition) is 1. The van der Waals surface area contributed by atoms with E-state index in [1.54, 1.807) is 7.11 Å². The molecule has 0 bridgehead atoms. The highest BCUT2D eigenvalue weighted by molar-refractivity contribution is 5.49. The third kappa shape index (κ3) is 3.34. The van der Waals surface area contributed by atoms with Gasteiger partial charge in [0.1, 0.15) is 0 Å². The normalized spacial score (nSPS) is 16.2. The molecule has 2 rings (SSSR count). The van der Waals surface area contributed by atoms with Crippen LogP contribution in [-0.2, 0) is 11.3 Å². The summed E-state index contributed by atoms with van der Waals surface area (Å²) in [6.45, 7) is 0.886. The van der Waals surface area contributed by atoms with E-state index in [0.717, 1.165) is 25.3 Å². The Labute approximate surface area is 121 Å². The smallest absolute Gasteiger partial charge is 0.280 e. The molecule has 1 aliphatic carbocycles. The average Bonchev–Trinajstić information content (AvgIpc) is 2.41. The molecule has 0 aliphatic heterocycles. The Morgan fingerprint density at radius 2 is 2.00 bits per heavy atom. The molecular weight excluding hydrogens is 278 g/mol. The fourth-order valence-electron chi connectivity index (χ4n) is 2.43. The molecule has 1 aromatic carbocycles. The highest BCUT2D eigenvalue weighted by Crippen LogP contribution is 2.34. The van der Waals surface area contributed by atoms with Crippen LogP contribution in [0.3, 0.4) is 0 Å². The molecule has 1 N–H and O–H groups in total. The number of rotatable bonds is 7. The van der Waals surface area contributed by atoms with Gasteiger partial charge in [0.15, 0.2) is 0 Å². The Bertz CT molecular complexity index is 551. The monoisotopic (exact) mass is 295 g/mol. The minimum atomic E-state index is -0.640. The van der Waals surface area contributed by atoms with Crippen LogP contribution in [0.1, 0.15) is 24.8 Å². The third-order valence-corrected chi connectivity index (χ3v) is 3.94. The van der Waals surface area contributed by atoms with E-state index >= 15 is 0 Å². The Morgan fingerprint density at radius 3 is 2.48 bits per heavy atom. The molecule has 0 unspecified atom stereocenters. The van der Waals surface area contributed by atoms with Crippen molar-refractivity contribution in [2.45, 2.75) is 31.4 Å². The van der Waals surface area contributed by atoms with E-state index in [2.05, 4.69) is 5.32 Å². The molecule has 21 heavy (non-hydrogen) atoms. The Hall–Kier alpha value is -2.06. The average molecular weight is 295 g/mol. The minimum absolute atomic E-state index is 0.171. The molecule has 0 aromatic heterocycles. The lowest BCUT2D eigenvalue weighted by atomic mass is 9.80. The zero-order valence-electron chi connectivity index (χ0n) is 11.7. The van der Waals surface area contributed by atoms with Gasteiger partial charge < -0.3 is 10.1 Å². The highest BCUT2D eigenvalue weighted by Gasteiger charge is 2.36. The van der Waals surface area contributed by atoms with Gasteiger partial charge in [0.25, 0.3) is 11.4 Å². The quantitative estimate of drug-likeness (QED) is 0.610. The number of nitrogens with zero attached hydrogens (tertiary/aromatic N) is 2. The molecule has 0 spiro atoms. The first-order valence-electron chi connectivity index (χ1n) is 6.65. The first-order valence-corrected chi connectivity index (χ1v) is 6.65. The summed E-state index contributed by atoms with van der Waals surface area (Å²) in [6, 6.07) is 3.69. The highest BCUT2D eigenvalue weighted by atomic mass is 16.6. The van der Waals surface area contributed by atoms with E-state index in [0.29, 0.717) is 12.1 Å². The number of hydrogen-bond acceptors (Lipinski definition) is 6. The lowest BCUT2D eigenvalue weighted by molar-refractivity contribution is -0.394. The van der Waals surface area contributed by atoms with Crippen LogP contribution in [0.4, 0.5) is 11.4 Å². The number of nitro groups is 2. The lowest BCUT2D eigenvalue weighted by Crippen LogP contribution is -2.47. The van der Waals surface area contributed by atoms with Crippen LogP contribution in [0.2, 0.25) is 0 Å². The second-order valence-corrected chi connectivity index (χ2v) is 5.17. The molecule has 0 amide bonds. The minimum Gasteiger partial charge on any atom is -0.377 e. The summed E-state index contributed by atoms with van der Waals surface area (Å²) in [6.07, 6.45) is 3.06. The van der Waals surface area contributed by atoms with Gasteiger partial charge in [-0.05, 0) is 25.3 Å². The molecule has 1 fully saturated rings. The van der Waals surface area contributed by atoms with Crippen molar-refractivity contribution < 1.29 is 14.6 Å². The molecule has 0 heterocycles. The number of nitrogens with one attached hydrogen (secondary N) is 1. The largest absolute Gasteiger partial charge is 0.377 e. The van der Waals surface area contributed by atoms with Gasteiger partial charge in [0, 0.05) is 31.8 Å². The lowest BCUT2D eigenvalue weighted by Gasteiger charge is -2.40. The Morgan fingerprint density at radius 1 is 1.29 bits per heavy atom. The van der Waals surface area contributed by atoms with Crippen molar-refractivity contribution in [2.75, 3.05) is 13.7 Å². The van der Waals surface area contributed by atoms with Crippen molar-refractivity contribution in [1.82, 2.24) is 5.32 Å². The summed E-state index contributed by atoms with van der Waals surface area (Å²) in [5.74, 6) is 0.